The van der Waals surface area contributed by atoms with E-state index in [2.05, 4.69) is 19.1 Å². The number of rotatable bonds is 7. The van der Waals surface area contributed by atoms with Gasteiger partial charge in [-0.3, -0.25) is 4.79 Å². The number of hydrogen-bond acceptors (Lipinski definition) is 1. The molecule has 1 nitrogen and oxygen atoms in total. The molecule has 0 spiro atoms. The fraction of sp³-hybridized carbons (Fsp3) is 0.458. The van der Waals surface area contributed by atoms with E-state index in [0.29, 0.717) is 11.5 Å². The van der Waals surface area contributed by atoms with Crippen LogP contribution in [0.1, 0.15) is 80.1 Å². The summed E-state index contributed by atoms with van der Waals surface area (Å²) >= 11 is 5.92. The quantitative estimate of drug-likeness (QED) is 0.363. The van der Waals surface area contributed by atoms with Crippen LogP contribution in [-0.2, 0) is 0 Å². The molecule has 0 aliphatic heterocycles. The molecule has 1 fully saturated rings. The van der Waals surface area contributed by atoms with E-state index in [1.807, 2.05) is 36.4 Å². The van der Waals surface area contributed by atoms with Gasteiger partial charge in [0.2, 0.25) is 0 Å². The van der Waals surface area contributed by atoms with Crippen molar-refractivity contribution < 1.29 is 4.79 Å². The van der Waals surface area contributed by atoms with Gasteiger partial charge in [-0.15, -0.1) is 0 Å². The van der Waals surface area contributed by atoms with E-state index in [4.69, 9.17) is 11.6 Å². The third kappa shape index (κ3) is 4.76. The van der Waals surface area contributed by atoms with Gasteiger partial charge in [0, 0.05) is 5.56 Å². The van der Waals surface area contributed by atoms with E-state index in [-0.39, 0.29) is 5.24 Å². The van der Waals surface area contributed by atoms with Gasteiger partial charge in [-0.05, 0) is 71.9 Å². The van der Waals surface area contributed by atoms with Crippen molar-refractivity contribution in [2.75, 3.05) is 0 Å². The van der Waals surface area contributed by atoms with Crippen molar-refractivity contribution in [3.63, 3.8) is 0 Å². The first-order valence-corrected chi connectivity index (χ1v) is 10.5. The smallest absolute Gasteiger partial charge is 0.253 e. The summed E-state index contributed by atoms with van der Waals surface area (Å²) in [6.45, 7) is 2.27. The van der Waals surface area contributed by atoms with Crippen molar-refractivity contribution in [3.05, 3.63) is 59.7 Å². The second-order valence-electron chi connectivity index (χ2n) is 7.66. The number of halogens is 1. The first-order chi connectivity index (χ1) is 12.7. The van der Waals surface area contributed by atoms with Gasteiger partial charge in [0.25, 0.3) is 5.24 Å². The van der Waals surface area contributed by atoms with Crippen molar-refractivity contribution in [2.24, 2.45) is 5.92 Å². The van der Waals surface area contributed by atoms with E-state index in [1.54, 1.807) is 0 Å². The maximum absolute atomic E-state index is 12.0. The molecule has 0 radical (unpaired) electrons. The van der Waals surface area contributed by atoms with Gasteiger partial charge in [-0.2, -0.15) is 0 Å². The minimum atomic E-state index is -0.362. The highest BCUT2D eigenvalue weighted by Gasteiger charge is 2.23. The zero-order valence-corrected chi connectivity index (χ0v) is 16.5. The Hall–Kier alpha value is -1.60. The van der Waals surface area contributed by atoms with Crippen molar-refractivity contribution in [2.45, 2.75) is 64.2 Å². The summed E-state index contributed by atoms with van der Waals surface area (Å²) in [5.41, 5.74) is 3.89. The van der Waals surface area contributed by atoms with Gasteiger partial charge in [-0.25, -0.2) is 0 Å². The van der Waals surface area contributed by atoms with Crippen molar-refractivity contribution in [1.82, 2.24) is 0 Å². The van der Waals surface area contributed by atoms with Gasteiger partial charge in [-0.1, -0.05) is 75.1 Å². The molecule has 1 saturated carbocycles. The van der Waals surface area contributed by atoms with Gasteiger partial charge in [0.05, 0.1) is 0 Å². The lowest BCUT2D eigenvalue weighted by atomic mass is 9.76. The maximum atomic E-state index is 12.0. The Bertz CT molecular complexity index is 714. The molecule has 1 aliphatic rings. The Balaban J connectivity index is 1.72. The molecule has 138 valence electrons. The third-order valence-corrected chi connectivity index (χ3v) is 6.08. The molecule has 26 heavy (non-hydrogen) atoms. The van der Waals surface area contributed by atoms with Gasteiger partial charge in [0.15, 0.2) is 0 Å². The standard InChI is InChI=1S/C24H29ClO/c1-2-3-5-8-18-11-13-19(14-12-18)21-15-16-22(23(17-21)24(25)26)20-9-6-4-7-10-20/h4,6-7,9-10,15-19H,2-3,5,8,11-14H2,1H3. The summed E-state index contributed by atoms with van der Waals surface area (Å²) in [7, 11) is 0. The second-order valence-corrected chi connectivity index (χ2v) is 8.00. The maximum Gasteiger partial charge on any atom is 0.253 e. The minimum absolute atomic E-state index is 0.362. The van der Waals surface area contributed by atoms with Crippen LogP contribution in [0.2, 0.25) is 0 Å². The highest BCUT2D eigenvalue weighted by molar-refractivity contribution is 6.68. The van der Waals surface area contributed by atoms with Gasteiger partial charge in [0.1, 0.15) is 0 Å². The number of carbonyl (C=O) groups excluding carboxylic acids is 1. The summed E-state index contributed by atoms with van der Waals surface area (Å²) in [5.74, 6) is 1.47. The van der Waals surface area contributed by atoms with Crippen molar-refractivity contribution in [1.29, 1.82) is 0 Å². The molecule has 0 N–H and O–H groups in total. The highest BCUT2D eigenvalue weighted by atomic mass is 35.5. The van der Waals surface area contributed by atoms with E-state index in [1.165, 1.54) is 56.9 Å². The minimum Gasteiger partial charge on any atom is -0.276 e. The molecule has 0 unspecified atom stereocenters. The van der Waals surface area contributed by atoms with Crippen LogP contribution < -0.4 is 0 Å². The Labute approximate surface area is 162 Å². The third-order valence-electron chi connectivity index (χ3n) is 5.87. The predicted octanol–water partition coefficient (Wildman–Crippen LogP) is 7.59. The first-order valence-electron chi connectivity index (χ1n) is 10.1. The van der Waals surface area contributed by atoms with Gasteiger partial charge >= 0.3 is 0 Å². The molecule has 0 aromatic heterocycles. The largest absolute Gasteiger partial charge is 0.276 e. The molecular weight excluding hydrogens is 340 g/mol. The normalized spacial score (nSPS) is 20.1. The van der Waals surface area contributed by atoms with Crippen LogP contribution in [0, 0.1) is 5.92 Å². The topological polar surface area (TPSA) is 17.1 Å². The number of benzene rings is 2. The van der Waals surface area contributed by atoms with E-state index < -0.39 is 0 Å². The Morgan fingerprint density at radius 1 is 1.00 bits per heavy atom. The Kier molecular flexibility index (Phi) is 6.91. The van der Waals surface area contributed by atoms with Gasteiger partial charge < -0.3 is 0 Å². The molecule has 0 heterocycles. The molecule has 0 bridgehead atoms. The molecular formula is C24H29ClO. The van der Waals surface area contributed by atoms with Crippen molar-refractivity contribution in [3.8, 4) is 11.1 Å². The van der Waals surface area contributed by atoms with Crippen LogP contribution in [0.4, 0.5) is 0 Å². The molecule has 1 aliphatic carbocycles. The molecule has 2 aromatic carbocycles. The number of carbonyl (C=O) groups is 1. The van der Waals surface area contributed by atoms with E-state index in [9.17, 15) is 4.79 Å². The van der Waals surface area contributed by atoms with Crippen LogP contribution in [0.3, 0.4) is 0 Å². The Morgan fingerprint density at radius 3 is 2.38 bits per heavy atom. The zero-order valence-electron chi connectivity index (χ0n) is 15.7. The number of hydrogen-bond donors (Lipinski definition) is 0. The van der Waals surface area contributed by atoms with Crippen LogP contribution in [0.25, 0.3) is 11.1 Å². The summed E-state index contributed by atoms with van der Waals surface area (Å²) in [4.78, 5) is 12.0. The lowest BCUT2D eigenvalue weighted by Gasteiger charge is -2.29. The monoisotopic (exact) mass is 368 g/mol. The highest BCUT2D eigenvalue weighted by Crippen LogP contribution is 2.39. The summed E-state index contributed by atoms with van der Waals surface area (Å²) in [5, 5.41) is -0.362. The molecule has 0 saturated heterocycles. The van der Waals surface area contributed by atoms with Crippen LogP contribution in [0.5, 0.6) is 0 Å². The summed E-state index contributed by atoms with van der Waals surface area (Å²) in [6, 6.07) is 16.3. The predicted molar refractivity (Wildman–Crippen MR) is 111 cm³/mol. The van der Waals surface area contributed by atoms with Crippen LogP contribution in [-0.4, -0.2) is 5.24 Å². The van der Waals surface area contributed by atoms with E-state index in [0.717, 1.165) is 17.0 Å². The first kappa shape index (κ1) is 19.2. The molecule has 2 aromatic rings. The average molecular weight is 369 g/mol. The molecule has 0 atom stereocenters. The molecule has 2 heteroatoms. The molecule has 0 amide bonds. The van der Waals surface area contributed by atoms with Crippen LogP contribution >= 0.6 is 11.6 Å². The van der Waals surface area contributed by atoms with Crippen molar-refractivity contribution >= 4 is 16.8 Å². The lowest BCUT2D eigenvalue weighted by molar-refractivity contribution is 0.108. The fourth-order valence-electron chi connectivity index (χ4n) is 4.32. The zero-order chi connectivity index (χ0) is 18.4. The molecule has 3 rings (SSSR count). The second kappa shape index (κ2) is 9.37. The summed E-state index contributed by atoms with van der Waals surface area (Å²) < 4.78 is 0. The van der Waals surface area contributed by atoms with Crippen LogP contribution in [0.15, 0.2) is 48.5 Å². The SMILES string of the molecule is CCCCCC1CCC(c2ccc(-c3ccccc3)c(C(=O)Cl)c2)CC1. The lowest BCUT2D eigenvalue weighted by Crippen LogP contribution is -2.14. The average Bonchev–Trinajstić information content (AvgIpc) is 2.69. The Morgan fingerprint density at radius 2 is 1.73 bits per heavy atom. The fourth-order valence-corrected chi connectivity index (χ4v) is 4.47. The van der Waals surface area contributed by atoms with E-state index >= 15 is 0 Å². The summed E-state index contributed by atoms with van der Waals surface area (Å²) in [6.07, 6.45) is 10.5. The number of unbranched alkanes of at least 4 members (excludes halogenated alkanes) is 2.